The van der Waals surface area contributed by atoms with Crippen molar-refractivity contribution >= 4 is 23.3 Å². The largest absolute Gasteiger partial charge is 0.334 e. The van der Waals surface area contributed by atoms with Gasteiger partial charge in [-0.05, 0) is 43.7 Å². The van der Waals surface area contributed by atoms with Crippen molar-refractivity contribution in [1.82, 2.24) is 9.88 Å². The number of nitrogens with zero attached hydrogens (tertiary/aromatic N) is 2. The summed E-state index contributed by atoms with van der Waals surface area (Å²) in [6.07, 6.45) is 7.21. The highest BCUT2D eigenvalue weighted by Crippen LogP contribution is 2.36. The van der Waals surface area contributed by atoms with E-state index in [1.165, 1.54) is 25.7 Å². The van der Waals surface area contributed by atoms with Crippen LogP contribution in [0.2, 0.25) is 5.02 Å². The molecule has 1 saturated carbocycles. The van der Waals surface area contributed by atoms with Crippen molar-refractivity contribution in [3.63, 3.8) is 0 Å². The first-order chi connectivity index (χ1) is 10.2. The molecular formula is C15H21ClN4O. The van der Waals surface area contributed by atoms with Gasteiger partial charge in [-0.15, -0.1) is 0 Å². The van der Waals surface area contributed by atoms with Crippen molar-refractivity contribution in [1.29, 1.82) is 0 Å². The monoisotopic (exact) mass is 308 g/mol. The van der Waals surface area contributed by atoms with Crippen molar-refractivity contribution < 1.29 is 4.79 Å². The third-order valence-corrected chi connectivity index (χ3v) is 5.01. The van der Waals surface area contributed by atoms with Crippen LogP contribution in [0.25, 0.3) is 0 Å². The van der Waals surface area contributed by atoms with Gasteiger partial charge >= 0.3 is 0 Å². The lowest BCUT2D eigenvalue weighted by Gasteiger charge is -2.29. The molecule has 0 bridgehead atoms. The van der Waals surface area contributed by atoms with Gasteiger partial charge in [0.15, 0.2) is 0 Å². The molecule has 2 aliphatic rings. The first-order valence-corrected chi connectivity index (χ1v) is 8.02. The zero-order valence-electron chi connectivity index (χ0n) is 12.0. The van der Waals surface area contributed by atoms with Crippen molar-refractivity contribution in [3.05, 3.63) is 22.8 Å². The van der Waals surface area contributed by atoms with Gasteiger partial charge in [-0.25, -0.2) is 10.8 Å². The van der Waals surface area contributed by atoms with E-state index in [2.05, 4.69) is 10.4 Å². The van der Waals surface area contributed by atoms with Crippen LogP contribution < -0.4 is 11.3 Å². The Morgan fingerprint density at radius 3 is 2.76 bits per heavy atom. The summed E-state index contributed by atoms with van der Waals surface area (Å²) in [5.74, 6) is 6.41. The molecule has 1 aromatic heterocycles. The molecule has 21 heavy (non-hydrogen) atoms. The molecule has 3 rings (SSSR count). The second-order valence-electron chi connectivity index (χ2n) is 5.92. The second kappa shape index (κ2) is 6.20. The van der Waals surface area contributed by atoms with E-state index in [9.17, 15) is 4.79 Å². The Kier molecular flexibility index (Phi) is 4.31. The number of likely N-dealkylation sites (tertiary alicyclic amines) is 1. The number of nitrogen functional groups attached to an aromatic ring is 1. The smallest absolute Gasteiger partial charge is 0.274 e. The van der Waals surface area contributed by atoms with Gasteiger partial charge in [0.25, 0.3) is 5.91 Å². The predicted molar refractivity (Wildman–Crippen MR) is 83.1 cm³/mol. The molecule has 2 heterocycles. The van der Waals surface area contributed by atoms with E-state index >= 15 is 0 Å². The normalized spacial score (nSPS) is 22.8. The molecule has 5 nitrogen and oxygen atoms in total. The Hall–Kier alpha value is -1.33. The first kappa shape index (κ1) is 14.6. The number of nitrogens with one attached hydrogen (secondary N) is 1. The number of carbonyl (C=O) groups is 1. The van der Waals surface area contributed by atoms with E-state index in [1.807, 2.05) is 4.90 Å². The van der Waals surface area contributed by atoms with Crippen molar-refractivity contribution in [2.24, 2.45) is 11.8 Å². The average molecular weight is 309 g/mol. The number of nitrogens with two attached hydrogens (primary N) is 1. The Labute approximate surface area is 129 Å². The van der Waals surface area contributed by atoms with Crippen LogP contribution in [0.1, 0.15) is 49.0 Å². The van der Waals surface area contributed by atoms with Crippen molar-refractivity contribution in [3.8, 4) is 0 Å². The number of pyridine rings is 1. The number of carbonyl (C=O) groups excluding carboxylic acids is 1. The summed E-state index contributed by atoms with van der Waals surface area (Å²) in [7, 11) is 0. The predicted octanol–water partition coefficient (Wildman–Crippen LogP) is 2.82. The van der Waals surface area contributed by atoms with E-state index in [1.54, 1.807) is 12.1 Å². The summed E-state index contributed by atoms with van der Waals surface area (Å²) in [6.45, 7) is 0.804. The van der Waals surface area contributed by atoms with Crippen LogP contribution in [0.4, 0.5) is 5.82 Å². The number of hydrazine groups is 1. The molecule has 0 radical (unpaired) electrons. The van der Waals surface area contributed by atoms with Crippen LogP contribution in [-0.2, 0) is 0 Å². The van der Waals surface area contributed by atoms with Gasteiger partial charge in [0.2, 0.25) is 0 Å². The number of halogens is 1. The van der Waals surface area contributed by atoms with Crippen molar-refractivity contribution in [2.75, 3.05) is 12.0 Å². The number of amides is 1. The Bertz CT molecular complexity index is 530. The molecule has 1 amide bonds. The SMILES string of the molecule is NNc1ccc(Cl)c(C(=O)N2CCCC2C2CCCC2)n1. The Balaban J connectivity index is 1.83. The number of aromatic nitrogens is 1. The van der Waals surface area contributed by atoms with Crippen LogP contribution in [0, 0.1) is 5.92 Å². The Morgan fingerprint density at radius 2 is 2.05 bits per heavy atom. The zero-order chi connectivity index (χ0) is 14.8. The molecule has 0 aromatic carbocycles. The fourth-order valence-electron chi connectivity index (χ4n) is 3.69. The van der Waals surface area contributed by atoms with Crippen LogP contribution in [0.5, 0.6) is 0 Å². The maximum Gasteiger partial charge on any atom is 0.274 e. The van der Waals surface area contributed by atoms with Crippen molar-refractivity contribution in [2.45, 2.75) is 44.6 Å². The summed E-state index contributed by atoms with van der Waals surface area (Å²) >= 11 is 6.16. The quantitative estimate of drug-likeness (QED) is 0.665. The van der Waals surface area contributed by atoms with Gasteiger partial charge < -0.3 is 10.3 Å². The standard InChI is InChI=1S/C15H21ClN4O/c16-11-7-8-13(19-17)18-14(11)15(21)20-9-3-6-12(20)10-4-1-2-5-10/h7-8,10,12H,1-6,9,17H2,(H,18,19). The van der Waals surface area contributed by atoms with E-state index in [0.29, 0.717) is 28.5 Å². The minimum Gasteiger partial charge on any atom is -0.334 e. The maximum atomic E-state index is 12.8. The van der Waals surface area contributed by atoms with E-state index in [4.69, 9.17) is 17.4 Å². The molecule has 1 aromatic rings. The van der Waals surface area contributed by atoms with Crippen LogP contribution >= 0.6 is 11.6 Å². The maximum absolute atomic E-state index is 12.8. The fraction of sp³-hybridized carbons (Fsp3) is 0.600. The van der Waals surface area contributed by atoms with E-state index in [-0.39, 0.29) is 5.91 Å². The molecule has 0 spiro atoms. The summed E-state index contributed by atoms with van der Waals surface area (Å²) < 4.78 is 0. The third-order valence-electron chi connectivity index (χ3n) is 4.70. The number of anilines is 1. The highest BCUT2D eigenvalue weighted by Gasteiger charge is 2.37. The molecule has 114 valence electrons. The van der Waals surface area contributed by atoms with Gasteiger partial charge in [0.05, 0.1) is 5.02 Å². The minimum absolute atomic E-state index is 0.0634. The highest BCUT2D eigenvalue weighted by atomic mass is 35.5. The van der Waals surface area contributed by atoms with Gasteiger partial charge in [-0.1, -0.05) is 24.4 Å². The molecule has 1 atom stereocenters. The number of hydrogen-bond donors (Lipinski definition) is 2. The fourth-order valence-corrected chi connectivity index (χ4v) is 3.87. The van der Waals surface area contributed by atoms with E-state index < -0.39 is 0 Å². The molecule has 1 unspecified atom stereocenters. The summed E-state index contributed by atoms with van der Waals surface area (Å²) in [5, 5.41) is 0.385. The molecule has 1 aliphatic heterocycles. The summed E-state index contributed by atoms with van der Waals surface area (Å²) in [6, 6.07) is 3.68. The van der Waals surface area contributed by atoms with Gasteiger partial charge in [-0.2, -0.15) is 0 Å². The lowest BCUT2D eigenvalue weighted by atomic mass is 9.96. The summed E-state index contributed by atoms with van der Waals surface area (Å²) in [4.78, 5) is 19.0. The van der Waals surface area contributed by atoms with Crippen LogP contribution in [-0.4, -0.2) is 28.4 Å². The molecule has 1 saturated heterocycles. The average Bonchev–Trinajstić information content (AvgIpc) is 3.17. The van der Waals surface area contributed by atoms with Crippen LogP contribution in [0.15, 0.2) is 12.1 Å². The topological polar surface area (TPSA) is 71.2 Å². The Morgan fingerprint density at radius 1 is 1.29 bits per heavy atom. The molecule has 3 N–H and O–H groups in total. The van der Waals surface area contributed by atoms with E-state index in [0.717, 1.165) is 19.4 Å². The molecule has 1 aliphatic carbocycles. The molecule has 6 heteroatoms. The van der Waals surface area contributed by atoms with Gasteiger partial charge in [0, 0.05) is 12.6 Å². The molecular weight excluding hydrogens is 288 g/mol. The first-order valence-electron chi connectivity index (χ1n) is 7.65. The number of hydrogen-bond acceptors (Lipinski definition) is 4. The summed E-state index contributed by atoms with van der Waals surface area (Å²) in [5.41, 5.74) is 2.77. The molecule has 2 fully saturated rings. The second-order valence-corrected chi connectivity index (χ2v) is 6.33. The third kappa shape index (κ3) is 2.85. The lowest BCUT2D eigenvalue weighted by molar-refractivity contribution is 0.0683. The minimum atomic E-state index is -0.0634. The zero-order valence-corrected chi connectivity index (χ0v) is 12.8. The number of rotatable bonds is 3. The van der Waals surface area contributed by atoms with Gasteiger partial charge in [-0.3, -0.25) is 4.79 Å². The van der Waals surface area contributed by atoms with Gasteiger partial charge in [0.1, 0.15) is 11.5 Å². The highest BCUT2D eigenvalue weighted by molar-refractivity contribution is 6.33. The lowest BCUT2D eigenvalue weighted by Crippen LogP contribution is -2.40. The van der Waals surface area contributed by atoms with Crippen LogP contribution in [0.3, 0.4) is 0 Å².